The molecule has 0 saturated heterocycles. The van der Waals surface area contributed by atoms with Gasteiger partial charge in [-0.25, -0.2) is 9.59 Å². The molecule has 2 unspecified atom stereocenters. The van der Waals surface area contributed by atoms with Crippen LogP contribution in [0.15, 0.2) is 48.6 Å². The molecule has 2 aromatic carbocycles. The number of hydrogen-bond donors (Lipinski definition) is 4. The van der Waals surface area contributed by atoms with Crippen molar-refractivity contribution < 1.29 is 38.7 Å². The van der Waals surface area contributed by atoms with Crippen LogP contribution in [-0.4, -0.2) is 85.0 Å². The number of hydrogen-bond acceptors (Lipinski definition) is 10. The summed E-state index contributed by atoms with van der Waals surface area (Å²) < 4.78 is 22.3. The predicted octanol–water partition coefficient (Wildman–Crippen LogP) is 3.99. The molecule has 0 heterocycles. The van der Waals surface area contributed by atoms with E-state index in [2.05, 4.69) is 10.6 Å². The first-order chi connectivity index (χ1) is 21.5. The number of benzene rings is 2. The van der Waals surface area contributed by atoms with E-state index >= 15 is 0 Å². The van der Waals surface area contributed by atoms with Crippen LogP contribution >= 0.6 is 0 Å². The Bertz CT molecular complexity index is 1180. The molecule has 4 N–H and O–H groups in total. The second-order valence-corrected chi connectivity index (χ2v) is 13.6. The van der Waals surface area contributed by atoms with Gasteiger partial charge in [0, 0.05) is 49.2 Å². The molecular weight excluding hydrogens is 588 g/mol. The molecule has 0 radical (unpaired) electrons. The zero-order valence-corrected chi connectivity index (χ0v) is 28.8. The molecule has 0 bridgehead atoms. The van der Waals surface area contributed by atoms with Gasteiger partial charge in [-0.1, -0.05) is 35.4 Å². The van der Waals surface area contributed by atoms with Crippen molar-refractivity contribution in [1.82, 2.24) is 10.6 Å². The van der Waals surface area contributed by atoms with E-state index in [0.29, 0.717) is 37.4 Å². The van der Waals surface area contributed by atoms with Gasteiger partial charge in [0.05, 0.1) is 13.2 Å². The summed E-state index contributed by atoms with van der Waals surface area (Å²) in [6, 6.07) is 11.4. The largest absolute Gasteiger partial charge is 0.491 e. The molecule has 0 aliphatic rings. The van der Waals surface area contributed by atoms with Crippen molar-refractivity contribution in [2.24, 2.45) is 0 Å². The molecular formula is C36H54N2O8. The summed E-state index contributed by atoms with van der Waals surface area (Å²) in [7, 11) is 0. The fourth-order valence-corrected chi connectivity index (χ4v) is 4.18. The van der Waals surface area contributed by atoms with Crippen molar-refractivity contribution in [3.63, 3.8) is 0 Å². The lowest BCUT2D eigenvalue weighted by Crippen LogP contribution is -2.42. The highest BCUT2D eigenvalue weighted by Gasteiger charge is 2.15. The minimum Gasteiger partial charge on any atom is -0.491 e. The molecule has 0 aliphatic carbocycles. The number of ether oxygens (including phenoxy) is 4. The Balaban J connectivity index is 1.78. The van der Waals surface area contributed by atoms with Gasteiger partial charge in [0.1, 0.15) is 36.9 Å². The first kappa shape index (κ1) is 38.7. The van der Waals surface area contributed by atoms with Gasteiger partial charge >= 0.3 is 11.9 Å². The van der Waals surface area contributed by atoms with Crippen LogP contribution in [0.2, 0.25) is 0 Å². The number of aliphatic hydroxyl groups excluding tert-OH is 2. The van der Waals surface area contributed by atoms with E-state index in [-0.39, 0.29) is 37.5 Å². The number of β-amino-alcohol motifs (C(OH)–C–C–N with tert-alkyl or cyclic N) is 2. The monoisotopic (exact) mass is 642 g/mol. The summed E-state index contributed by atoms with van der Waals surface area (Å²) in [5, 5.41) is 27.0. The second kappa shape index (κ2) is 18.6. The Hall–Kier alpha value is -3.44. The van der Waals surface area contributed by atoms with Gasteiger partial charge in [0.2, 0.25) is 0 Å². The maximum absolute atomic E-state index is 12.2. The highest BCUT2D eigenvalue weighted by atomic mass is 16.5. The summed E-state index contributed by atoms with van der Waals surface area (Å²) in [6.45, 7) is 17.3. The van der Waals surface area contributed by atoms with E-state index in [9.17, 15) is 19.8 Å². The zero-order valence-electron chi connectivity index (χ0n) is 28.8. The molecule has 0 amide bonds. The van der Waals surface area contributed by atoms with Gasteiger partial charge in [-0.05, 0) is 78.6 Å². The Morgan fingerprint density at radius 1 is 0.696 bits per heavy atom. The van der Waals surface area contributed by atoms with E-state index in [1.807, 2.05) is 91.8 Å². The van der Waals surface area contributed by atoms with Gasteiger partial charge in [-0.3, -0.25) is 0 Å². The molecule has 0 aliphatic heterocycles. The molecule has 2 atom stereocenters. The number of aryl methyl sites for hydroxylation is 2. The average molecular weight is 643 g/mol. The van der Waals surface area contributed by atoms with Crippen LogP contribution in [-0.2, 0) is 31.9 Å². The highest BCUT2D eigenvalue weighted by molar-refractivity contribution is 5.91. The van der Waals surface area contributed by atoms with Crippen molar-refractivity contribution >= 4 is 11.9 Å². The minimum absolute atomic E-state index is 0.0866. The first-order valence-corrected chi connectivity index (χ1v) is 15.8. The highest BCUT2D eigenvalue weighted by Crippen LogP contribution is 2.22. The van der Waals surface area contributed by atoms with Crippen molar-refractivity contribution in [3.05, 3.63) is 70.8 Å². The lowest BCUT2D eigenvalue weighted by Gasteiger charge is -2.23. The van der Waals surface area contributed by atoms with Crippen LogP contribution in [0.3, 0.4) is 0 Å². The molecule has 0 aromatic heterocycles. The molecule has 0 spiro atoms. The predicted molar refractivity (Wildman–Crippen MR) is 179 cm³/mol. The molecule has 46 heavy (non-hydrogen) atoms. The van der Waals surface area contributed by atoms with Gasteiger partial charge < -0.3 is 39.8 Å². The van der Waals surface area contributed by atoms with Gasteiger partial charge in [0.25, 0.3) is 0 Å². The van der Waals surface area contributed by atoms with Gasteiger partial charge in [0.15, 0.2) is 0 Å². The maximum Gasteiger partial charge on any atom is 0.331 e. The van der Waals surface area contributed by atoms with Crippen LogP contribution in [0, 0.1) is 13.8 Å². The number of aliphatic hydroxyl groups is 2. The summed E-state index contributed by atoms with van der Waals surface area (Å²) in [5.74, 6) is -0.0906. The van der Waals surface area contributed by atoms with Crippen molar-refractivity contribution in [1.29, 1.82) is 0 Å². The van der Waals surface area contributed by atoms with Crippen molar-refractivity contribution in [2.45, 2.75) is 91.5 Å². The fraction of sp³-hybridized carbons (Fsp3) is 0.556. The third kappa shape index (κ3) is 16.7. The SMILES string of the molecule is Cc1ccc(OCC(O)CNC(C)(C)C)c(CCOC(=O)/C=C\C(=O)OCCc2cc(C)ccc2OCC(O)CNC(C)(C)C)c1. The molecule has 10 heteroatoms. The summed E-state index contributed by atoms with van der Waals surface area (Å²) in [4.78, 5) is 24.5. The van der Waals surface area contributed by atoms with E-state index in [4.69, 9.17) is 18.9 Å². The van der Waals surface area contributed by atoms with E-state index in [0.717, 1.165) is 34.4 Å². The van der Waals surface area contributed by atoms with Crippen LogP contribution in [0.4, 0.5) is 0 Å². The molecule has 256 valence electrons. The Morgan fingerprint density at radius 2 is 1.07 bits per heavy atom. The molecule has 2 rings (SSSR count). The van der Waals surface area contributed by atoms with E-state index in [1.165, 1.54) is 0 Å². The van der Waals surface area contributed by atoms with Crippen molar-refractivity contribution in [2.75, 3.05) is 39.5 Å². The Morgan fingerprint density at radius 3 is 1.41 bits per heavy atom. The third-order valence-corrected chi connectivity index (χ3v) is 6.62. The lowest BCUT2D eigenvalue weighted by atomic mass is 10.1. The third-order valence-electron chi connectivity index (χ3n) is 6.62. The van der Waals surface area contributed by atoms with Crippen molar-refractivity contribution in [3.8, 4) is 11.5 Å². The summed E-state index contributed by atoms with van der Waals surface area (Å²) in [5.41, 5.74) is 3.54. The van der Waals surface area contributed by atoms with Crippen LogP contribution in [0.1, 0.15) is 63.8 Å². The number of rotatable bonds is 18. The molecule has 2 aromatic rings. The van der Waals surface area contributed by atoms with Gasteiger partial charge in [-0.15, -0.1) is 0 Å². The number of carbonyl (C=O) groups is 2. The number of nitrogens with one attached hydrogen (secondary N) is 2. The van der Waals surface area contributed by atoms with Crippen LogP contribution < -0.4 is 20.1 Å². The topological polar surface area (TPSA) is 136 Å². The normalized spacial score (nSPS) is 13.3. The van der Waals surface area contributed by atoms with E-state index < -0.39 is 24.1 Å². The number of esters is 2. The number of carbonyl (C=O) groups excluding carboxylic acids is 2. The standard InChI is InChI=1S/C36H54N2O8/c1-25-9-11-31(45-23-29(39)21-37-35(3,4)5)27(19-25)15-17-43-33(41)13-14-34(42)44-18-16-28-20-26(2)10-12-32(28)46-24-30(40)22-38-36(6,7)8/h9-14,19-20,29-30,37-40H,15-18,21-24H2,1-8H3/b14-13-. The van der Waals surface area contributed by atoms with Crippen LogP contribution in [0.25, 0.3) is 0 Å². The summed E-state index contributed by atoms with van der Waals surface area (Å²) in [6.07, 6.45) is 1.54. The Kier molecular flexibility index (Phi) is 15.7. The second-order valence-electron chi connectivity index (χ2n) is 13.6. The maximum atomic E-state index is 12.2. The van der Waals surface area contributed by atoms with E-state index in [1.54, 1.807) is 0 Å². The fourth-order valence-electron chi connectivity index (χ4n) is 4.18. The lowest BCUT2D eigenvalue weighted by molar-refractivity contribution is -0.140. The molecule has 0 saturated carbocycles. The van der Waals surface area contributed by atoms with Gasteiger partial charge in [-0.2, -0.15) is 0 Å². The summed E-state index contributed by atoms with van der Waals surface area (Å²) >= 11 is 0. The minimum atomic E-state index is -0.677. The zero-order chi connectivity index (χ0) is 34.3. The Labute approximate surface area is 274 Å². The average Bonchev–Trinajstić information content (AvgIpc) is 2.96. The molecule has 0 fully saturated rings. The van der Waals surface area contributed by atoms with Crippen LogP contribution in [0.5, 0.6) is 11.5 Å². The first-order valence-electron chi connectivity index (χ1n) is 15.8. The smallest absolute Gasteiger partial charge is 0.331 e. The molecule has 10 nitrogen and oxygen atoms in total. The quantitative estimate of drug-likeness (QED) is 0.140.